The van der Waals surface area contributed by atoms with E-state index in [1.807, 2.05) is 5.48 Å². The Hall–Kier alpha value is -0.870. The fourth-order valence-electron chi connectivity index (χ4n) is 0.552. The molecule has 0 aromatic rings. The second-order valence-electron chi connectivity index (χ2n) is 1.75. The fraction of sp³-hybridized carbons (Fsp3) is 0.500. The lowest BCUT2D eigenvalue weighted by Gasteiger charge is -1.95. The quantitative estimate of drug-likeness (QED) is 0.395. The van der Waals surface area contributed by atoms with Gasteiger partial charge in [-0.3, -0.25) is 0 Å². The second kappa shape index (κ2) is 4.96. The van der Waals surface area contributed by atoms with Crippen molar-refractivity contribution in [3.63, 3.8) is 0 Å². The predicted octanol–water partition coefficient (Wildman–Crippen LogP) is 0.386. The van der Waals surface area contributed by atoms with Crippen molar-refractivity contribution in [2.24, 2.45) is 0 Å². The fourth-order valence-corrected chi connectivity index (χ4v) is 0.552. The van der Waals surface area contributed by atoms with Crippen LogP contribution in [0.1, 0.15) is 13.3 Å². The van der Waals surface area contributed by atoms with E-state index in [4.69, 9.17) is 10.3 Å². The minimum atomic E-state index is -0.933. The number of aliphatic carboxylic acids is 1. The highest BCUT2D eigenvalue weighted by Gasteiger charge is 2.01. The van der Waals surface area contributed by atoms with E-state index in [9.17, 15) is 4.79 Å². The molecule has 0 unspecified atom stereocenters. The summed E-state index contributed by atoms with van der Waals surface area (Å²) in [6.45, 7) is 1.92. The summed E-state index contributed by atoms with van der Waals surface area (Å²) in [5, 5.41) is 16.5. The van der Waals surface area contributed by atoms with Crippen molar-refractivity contribution in [3.8, 4) is 0 Å². The third kappa shape index (κ3) is 3.21. The maximum absolute atomic E-state index is 10.3. The van der Waals surface area contributed by atoms with Gasteiger partial charge in [0, 0.05) is 12.1 Å². The summed E-state index contributed by atoms with van der Waals surface area (Å²) in [6.07, 6.45) is 1.90. The number of rotatable bonds is 4. The molecule has 0 spiro atoms. The lowest BCUT2D eigenvalue weighted by atomic mass is 10.2. The van der Waals surface area contributed by atoms with Crippen molar-refractivity contribution >= 4 is 5.97 Å². The van der Waals surface area contributed by atoms with Gasteiger partial charge in [0.25, 0.3) is 0 Å². The largest absolute Gasteiger partial charge is 0.478 e. The number of carboxylic acids is 1. The summed E-state index contributed by atoms with van der Waals surface area (Å²) in [5.41, 5.74) is 2.15. The molecule has 0 aromatic heterocycles. The highest BCUT2D eigenvalue weighted by Crippen LogP contribution is 1.98. The van der Waals surface area contributed by atoms with E-state index in [0.29, 0.717) is 12.0 Å². The monoisotopic (exact) mass is 145 g/mol. The Balaban J connectivity index is 3.91. The van der Waals surface area contributed by atoms with E-state index in [-0.39, 0.29) is 6.54 Å². The number of carbonyl (C=O) groups is 1. The van der Waals surface area contributed by atoms with Gasteiger partial charge in [0.1, 0.15) is 0 Å². The average molecular weight is 145 g/mol. The number of carboxylic acid groups (broad SMARTS) is 1. The van der Waals surface area contributed by atoms with Crippen LogP contribution in [0.25, 0.3) is 0 Å². The van der Waals surface area contributed by atoms with Gasteiger partial charge in [0.2, 0.25) is 0 Å². The Kier molecular flexibility index (Phi) is 4.53. The van der Waals surface area contributed by atoms with Crippen LogP contribution in [0.15, 0.2) is 11.6 Å². The summed E-state index contributed by atoms with van der Waals surface area (Å²) >= 11 is 0. The van der Waals surface area contributed by atoms with Gasteiger partial charge >= 0.3 is 5.97 Å². The lowest BCUT2D eigenvalue weighted by molar-refractivity contribution is -0.132. The number of hydroxylamine groups is 1. The minimum Gasteiger partial charge on any atom is -0.478 e. The molecule has 0 aliphatic carbocycles. The topological polar surface area (TPSA) is 69.6 Å². The molecular formula is C6H11NO3. The molecule has 58 valence electrons. The summed E-state index contributed by atoms with van der Waals surface area (Å²) < 4.78 is 0. The lowest BCUT2D eigenvalue weighted by Crippen LogP contribution is -2.09. The Bertz CT molecular complexity index is 142. The molecule has 4 heteroatoms. The summed E-state index contributed by atoms with van der Waals surface area (Å²) in [7, 11) is 0. The Morgan fingerprint density at radius 1 is 1.70 bits per heavy atom. The molecule has 0 radical (unpaired) electrons. The zero-order valence-electron chi connectivity index (χ0n) is 5.79. The molecule has 4 nitrogen and oxygen atoms in total. The zero-order chi connectivity index (χ0) is 7.98. The van der Waals surface area contributed by atoms with Crippen LogP contribution >= 0.6 is 0 Å². The van der Waals surface area contributed by atoms with Crippen LogP contribution in [-0.2, 0) is 4.79 Å². The molecule has 0 saturated heterocycles. The third-order valence-electron chi connectivity index (χ3n) is 1.10. The van der Waals surface area contributed by atoms with E-state index in [0.717, 1.165) is 0 Å². The molecule has 0 fully saturated rings. The molecule has 0 amide bonds. The molecule has 0 aliphatic rings. The smallest absolute Gasteiger partial charge is 0.331 e. The van der Waals surface area contributed by atoms with Crippen LogP contribution in [0.5, 0.6) is 0 Å². The molecule has 10 heavy (non-hydrogen) atoms. The van der Waals surface area contributed by atoms with Crippen molar-refractivity contribution < 1.29 is 15.1 Å². The van der Waals surface area contributed by atoms with Crippen LogP contribution in [-0.4, -0.2) is 22.8 Å². The first-order valence-corrected chi connectivity index (χ1v) is 3.01. The van der Waals surface area contributed by atoms with E-state index in [1.165, 1.54) is 6.08 Å². The standard InChI is InChI=1S/C6H11NO3/c1-2-5(6(8)9)3-4-7-10/h3,7,10H,2,4H2,1H3,(H,8,9). The van der Waals surface area contributed by atoms with Crippen molar-refractivity contribution in [1.82, 2.24) is 5.48 Å². The first kappa shape index (κ1) is 9.13. The summed E-state index contributed by atoms with van der Waals surface area (Å²) in [5.74, 6) is -0.933. The van der Waals surface area contributed by atoms with Gasteiger partial charge in [0.05, 0.1) is 0 Å². The first-order valence-electron chi connectivity index (χ1n) is 3.01. The highest BCUT2D eigenvalue weighted by molar-refractivity contribution is 5.86. The molecule has 0 saturated carbocycles. The molecule has 0 aromatic carbocycles. The minimum absolute atomic E-state index is 0.176. The normalized spacial score (nSPS) is 11.6. The third-order valence-corrected chi connectivity index (χ3v) is 1.10. The first-order chi connectivity index (χ1) is 4.72. The van der Waals surface area contributed by atoms with Crippen molar-refractivity contribution in [1.29, 1.82) is 0 Å². The average Bonchev–Trinajstić information content (AvgIpc) is 1.89. The van der Waals surface area contributed by atoms with Gasteiger partial charge < -0.3 is 10.3 Å². The molecular weight excluding hydrogens is 134 g/mol. The maximum Gasteiger partial charge on any atom is 0.331 e. The summed E-state index contributed by atoms with van der Waals surface area (Å²) in [4.78, 5) is 10.3. The molecule has 0 atom stereocenters. The van der Waals surface area contributed by atoms with Crippen molar-refractivity contribution in [2.45, 2.75) is 13.3 Å². The highest BCUT2D eigenvalue weighted by atomic mass is 16.5. The van der Waals surface area contributed by atoms with E-state index >= 15 is 0 Å². The van der Waals surface area contributed by atoms with Crippen LogP contribution in [0, 0.1) is 0 Å². The molecule has 0 bridgehead atoms. The van der Waals surface area contributed by atoms with Crippen molar-refractivity contribution in [3.05, 3.63) is 11.6 Å². The predicted molar refractivity (Wildman–Crippen MR) is 35.8 cm³/mol. The number of hydrogen-bond acceptors (Lipinski definition) is 3. The van der Waals surface area contributed by atoms with Gasteiger partial charge in [-0.25, -0.2) is 10.3 Å². The van der Waals surface area contributed by atoms with E-state index < -0.39 is 5.97 Å². The van der Waals surface area contributed by atoms with Gasteiger partial charge in [-0.1, -0.05) is 13.0 Å². The van der Waals surface area contributed by atoms with Crippen LogP contribution in [0.2, 0.25) is 0 Å². The van der Waals surface area contributed by atoms with Gasteiger partial charge in [0.15, 0.2) is 0 Å². The van der Waals surface area contributed by atoms with Crippen molar-refractivity contribution in [2.75, 3.05) is 6.54 Å². The molecule has 0 rings (SSSR count). The Morgan fingerprint density at radius 2 is 2.30 bits per heavy atom. The maximum atomic E-state index is 10.3. The van der Waals surface area contributed by atoms with E-state index in [1.54, 1.807) is 6.92 Å². The van der Waals surface area contributed by atoms with Gasteiger partial charge in [-0.2, -0.15) is 0 Å². The molecule has 0 aliphatic heterocycles. The SMILES string of the molecule is CCC(=CCNO)C(=O)O. The Labute approximate surface area is 59.1 Å². The molecule has 0 heterocycles. The Morgan fingerprint density at radius 3 is 2.60 bits per heavy atom. The molecule has 3 N–H and O–H groups in total. The second-order valence-corrected chi connectivity index (χ2v) is 1.75. The number of hydrogen-bond donors (Lipinski definition) is 3. The van der Waals surface area contributed by atoms with Gasteiger partial charge in [-0.15, -0.1) is 0 Å². The summed E-state index contributed by atoms with van der Waals surface area (Å²) in [6, 6.07) is 0. The van der Waals surface area contributed by atoms with Crippen LogP contribution < -0.4 is 5.48 Å². The number of nitrogens with one attached hydrogen (secondary N) is 1. The van der Waals surface area contributed by atoms with Crippen LogP contribution in [0.3, 0.4) is 0 Å². The van der Waals surface area contributed by atoms with E-state index in [2.05, 4.69) is 0 Å². The van der Waals surface area contributed by atoms with Crippen LogP contribution in [0.4, 0.5) is 0 Å². The van der Waals surface area contributed by atoms with Gasteiger partial charge in [-0.05, 0) is 6.42 Å². The zero-order valence-corrected chi connectivity index (χ0v) is 5.79.